The van der Waals surface area contributed by atoms with Crippen LogP contribution in [0.3, 0.4) is 0 Å². The number of imidazole rings is 1. The third kappa shape index (κ3) is 4.75. The Morgan fingerprint density at radius 2 is 1.68 bits per heavy atom. The Labute approximate surface area is 160 Å². The summed E-state index contributed by atoms with van der Waals surface area (Å²) in [4.78, 5) is 10.3. The lowest BCUT2D eigenvalue weighted by Crippen LogP contribution is -2.38. The zero-order valence-electron chi connectivity index (χ0n) is 15.1. The summed E-state index contributed by atoms with van der Waals surface area (Å²) >= 11 is 0. The molecule has 1 N–H and O–H groups in total. The van der Waals surface area contributed by atoms with E-state index >= 15 is 0 Å². The van der Waals surface area contributed by atoms with Crippen molar-refractivity contribution in [1.29, 1.82) is 0 Å². The number of nitrogens with one attached hydrogen (secondary N) is 1. The smallest absolute Gasteiger partial charge is 0.490 e. The lowest BCUT2D eigenvalue weighted by atomic mass is 10.1. The summed E-state index contributed by atoms with van der Waals surface area (Å²) in [5.41, 5.74) is 2.00. The van der Waals surface area contributed by atoms with Gasteiger partial charge in [-0.2, -0.15) is 0 Å². The van der Waals surface area contributed by atoms with E-state index < -0.39 is 6.36 Å². The van der Waals surface area contributed by atoms with Crippen molar-refractivity contribution in [2.45, 2.75) is 31.9 Å². The van der Waals surface area contributed by atoms with Gasteiger partial charge in [-0.05, 0) is 49.2 Å². The van der Waals surface area contributed by atoms with Crippen LogP contribution in [0.15, 0.2) is 48.5 Å². The van der Waals surface area contributed by atoms with Crippen molar-refractivity contribution in [1.82, 2.24) is 14.9 Å². The van der Waals surface area contributed by atoms with Crippen molar-refractivity contribution < 1.29 is 22.6 Å². The minimum atomic E-state index is -4.69. The fourth-order valence-corrected chi connectivity index (χ4v) is 3.39. The Morgan fingerprint density at radius 3 is 2.36 bits per heavy atom. The summed E-state index contributed by atoms with van der Waals surface area (Å²) < 4.78 is 46.4. The molecule has 1 saturated heterocycles. The largest absolute Gasteiger partial charge is 0.573 e. The zero-order valence-corrected chi connectivity index (χ0v) is 15.1. The van der Waals surface area contributed by atoms with Crippen LogP contribution in [0.1, 0.15) is 18.7 Å². The predicted octanol–water partition coefficient (Wildman–Crippen LogP) is 4.50. The Balaban J connectivity index is 1.27. The molecule has 0 saturated carbocycles. The Bertz CT molecular complexity index is 883. The highest BCUT2D eigenvalue weighted by Crippen LogP contribution is 2.26. The summed E-state index contributed by atoms with van der Waals surface area (Å²) in [5.74, 6) is 1.24. The summed E-state index contributed by atoms with van der Waals surface area (Å²) in [7, 11) is 0. The van der Waals surface area contributed by atoms with Gasteiger partial charge in [0, 0.05) is 13.1 Å². The minimum absolute atomic E-state index is 0.0429. The molecule has 0 radical (unpaired) electrons. The molecule has 1 aliphatic heterocycles. The number of fused-ring (bicyclic) bond motifs is 1. The van der Waals surface area contributed by atoms with Gasteiger partial charge >= 0.3 is 6.36 Å². The molecule has 0 aliphatic carbocycles. The molecule has 0 atom stereocenters. The molecule has 1 aliphatic rings. The molecule has 28 heavy (non-hydrogen) atoms. The van der Waals surface area contributed by atoms with Gasteiger partial charge in [-0.25, -0.2) is 4.98 Å². The first-order valence-electron chi connectivity index (χ1n) is 9.13. The number of aromatic amines is 1. The number of piperidine rings is 1. The molecule has 2 heterocycles. The quantitative estimate of drug-likeness (QED) is 0.696. The van der Waals surface area contributed by atoms with Crippen LogP contribution in [-0.2, 0) is 6.54 Å². The number of aromatic nitrogens is 2. The van der Waals surface area contributed by atoms with Gasteiger partial charge in [0.2, 0.25) is 0 Å². The predicted molar refractivity (Wildman–Crippen MR) is 98.1 cm³/mol. The average molecular weight is 391 g/mol. The second kappa shape index (κ2) is 7.71. The number of hydrogen-bond acceptors (Lipinski definition) is 4. The van der Waals surface area contributed by atoms with E-state index in [2.05, 4.69) is 19.6 Å². The second-order valence-electron chi connectivity index (χ2n) is 6.81. The maximum absolute atomic E-state index is 12.2. The molecule has 1 fully saturated rings. The fourth-order valence-electron chi connectivity index (χ4n) is 3.39. The van der Waals surface area contributed by atoms with Crippen LogP contribution in [0.2, 0.25) is 0 Å². The first kappa shape index (κ1) is 18.6. The molecule has 0 bridgehead atoms. The molecule has 2 aromatic carbocycles. The SMILES string of the molecule is FC(F)(F)Oc1ccc(OC2CCN(Cc3nc4ccccc4[nH]3)CC2)cc1. The van der Waals surface area contributed by atoms with E-state index in [9.17, 15) is 13.2 Å². The highest BCUT2D eigenvalue weighted by molar-refractivity contribution is 5.74. The molecule has 1 aromatic heterocycles. The van der Waals surface area contributed by atoms with Gasteiger partial charge in [0.25, 0.3) is 0 Å². The van der Waals surface area contributed by atoms with Crippen molar-refractivity contribution in [3.63, 3.8) is 0 Å². The molecule has 0 spiro atoms. The molecule has 0 amide bonds. The summed E-state index contributed by atoms with van der Waals surface area (Å²) in [6.45, 7) is 2.50. The zero-order chi connectivity index (χ0) is 19.6. The van der Waals surface area contributed by atoms with Crippen molar-refractivity contribution in [2.24, 2.45) is 0 Å². The third-order valence-electron chi connectivity index (χ3n) is 4.71. The van der Waals surface area contributed by atoms with E-state index in [-0.39, 0.29) is 11.9 Å². The maximum atomic E-state index is 12.2. The monoisotopic (exact) mass is 391 g/mol. The first-order valence-corrected chi connectivity index (χ1v) is 9.13. The minimum Gasteiger partial charge on any atom is -0.490 e. The molecule has 3 aromatic rings. The summed E-state index contributed by atoms with van der Waals surface area (Å²) in [6.07, 6.45) is -2.95. The number of rotatable bonds is 5. The van der Waals surface area contributed by atoms with Crippen molar-refractivity contribution in [3.8, 4) is 11.5 Å². The molecule has 8 heteroatoms. The first-order chi connectivity index (χ1) is 13.4. The average Bonchev–Trinajstić information content (AvgIpc) is 3.06. The van der Waals surface area contributed by atoms with Crippen molar-refractivity contribution >= 4 is 11.0 Å². The Hall–Kier alpha value is -2.74. The highest BCUT2D eigenvalue weighted by Gasteiger charge is 2.31. The number of H-pyrrole nitrogens is 1. The van der Waals surface area contributed by atoms with Gasteiger partial charge in [0.15, 0.2) is 0 Å². The van der Waals surface area contributed by atoms with Gasteiger partial charge in [-0.1, -0.05) is 12.1 Å². The lowest BCUT2D eigenvalue weighted by molar-refractivity contribution is -0.274. The number of ether oxygens (including phenoxy) is 2. The second-order valence-corrected chi connectivity index (χ2v) is 6.81. The molecule has 148 valence electrons. The fraction of sp³-hybridized carbons (Fsp3) is 0.350. The van der Waals surface area contributed by atoms with E-state index in [1.54, 1.807) is 0 Å². The number of para-hydroxylation sites is 2. The lowest BCUT2D eigenvalue weighted by Gasteiger charge is -2.31. The van der Waals surface area contributed by atoms with Gasteiger partial charge in [-0.3, -0.25) is 4.90 Å². The standard InChI is InChI=1S/C20H20F3N3O2/c21-20(22,23)28-16-7-5-14(6-8-16)27-15-9-11-26(12-10-15)13-19-24-17-3-1-2-4-18(17)25-19/h1-8,15H,9-13H2,(H,24,25). The highest BCUT2D eigenvalue weighted by atomic mass is 19.4. The summed E-state index contributed by atoms with van der Waals surface area (Å²) in [6, 6.07) is 13.5. The van der Waals surface area contributed by atoms with Crippen molar-refractivity contribution in [2.75, 3.05) is 13.1 Å². The van der Waals surface area contributed by atoms with Crippen LogP contribution in [-0.4, -0.2) is 40.4 Å². The maximum Gasteiger partial charge on any atom is 0.573 e. The Kier molecular flexibility index (Phi) is 5.13. The van der Waals surface area contributed by atoms with Crippen LogP contribution >= 0.6 is 0 Å². The molecular weight excluding hydrogens is 371 g/mol. The van der Waals surface area contributed by atoms with Gasteiger partial charge in [-0.15, -0.1) is 13.2 Å². The third-order valence-corrected chi connectivity index (χ3v) is 4.71. The van der Waals surface area contributed by atoms with Gasteiger partial charge in [0.1, 0.15) is 23.4 Å². The number of likely N-dealkylation sites (tertiary alicyclic amines) is 1. The van der Waals surface area contributed by atoms with Crippen LogP contribution < -0.4 is 9.47 Å². The topological polar surface area (TPSA) is 50.4 Å². The van der Waals surface area contributed by atoms with E-state index in [0.717, 1.165) is 49.3 Å². The van der Waals surface area contributed by atoms with E-state index in [0.29, 0.717) is 5.75 Å². The molecule has 0 unspecified atom stereocenters. The van der Waals surface area contributed by atoms with Crippen LogP contribution in [0.25, 0.3) is 11.0 Å². The molecule has 5 nitrogen and oxygen atoms in total. The van der Waals surface area contributed by atoms with Crippen LogP contribution in [0, 0.1) is 0 Å². The molecular formula is C20H20F3N3O2. The van der Waals surface area contributed by atoms with E-state index in [1.807, 2.05) is 24.3 Å². The number of nitrogens with zero attached hydrogens (tertiary/aromatic N) is 2. The summed E-state index contributed by atoms with van der Waals surface area (Å²) in [5, 5.41) is 0. The van der Waals surface area contributed by atoms with Gasteiger partial charge in [0.05, 0.1) is 17.6 Å². The van der Waals surface area contributed by atoms with Crippen LogP contribution in [0.4, 0.5) is 13.2 Å². The number of alkyl halides is 3. The number of benzene rings is 2. The van der Waals surface area contributed by atoms with Crippen molar-refractivity contribution in [3.05, 3.63) is 54.4 Å². The molecule has 4 rings (SSSR count). The van der Waals surface area contributed by atoms with E-state index in [4.69, 9.17) is 4.74 Å². The number of halogens is 3. The number of hydrogen-bond donors (Lipinski definition) is 1. The Morgan fingerprint density at radius 1 is 1.00 bits per heavy atom. The van der Waals surface area contributed by atoms with E-state index in [1.165, 1.54) is 24.3 Å². The van der Waals surface area contributed by atoms with Crippen LogP contribution in [0.5, 0.6) is 11.5 Å². The van der Waals surface area contributed by atoms with Gasteiger partial charge < -0.3 is 14.5 Å². The normalized spacial score (nSPS) is 16.4.